The fourth-order valence-electron chi connectivity index (χ4n) is 2.36. The second-order valence-electron chi connectivity index (χ2n) is 4.82. The van der Waals surface area contributed by atoms with Gasteiger partial charge in [0.1, 0.15) is 17.1 Å². The molecule has 0 unspecified atom stereocenters. The van der Waals surface area contributed by atoms with Crippen LogP contribution >= 0.6 is 0 Å². The molecule has 0 saturated heterocycles. The lowest BCUT2D eigenvalue weighted by Crippen LogP contribution is -2.19. The molecule has 1 aromatic carbocycles. The van der Waals surface area contributed by atoms with Gasteiger partial charge in [0.05, 0.1) is 6.54 Å². The Morgan fingerprint density at radius 3 is 2.76 bits per heavy atom. The highest BCUT2D eigenvalue weighted by molar-refractivity contribution is 5.88. The maximum atomic E-state index is 12.4. The van der Waals surface area contributed by atoms with Crippen LogP contribution in [0.25, 0.3) is 10.8 Å². The van der Waals surface area contributed by atoms with Gasteiger partial charge < -0.3 is 14.1 Å². The van der Waals surface area contributed by atoms with E-state index in [9.17, 15) is 9.59 Å². The van der Waals surface area contributed by atoms with Crippen molar-refractivity contribution in [1.82, 2.24) is 4.57 Å². The van der Waals surface area contributed by atoms with Gasteiger partial charge in [0.2, 0.25) is 0 Å². The van der Waals surface area contributed by atoms with Crippen LogP contribution in [0.3, 0.4) is 0 Å². The summed E-state index contributed by atoms with van der Waals surface area (Å²) in [6.07, 6.45) is 1.68. The Morgan fingerprint density at radius 1 is 1.29 bits per heavy atom. The Hall–Kier alpha value is -2.82. The number of aromatic carboxylic acids is 1. The minimum Gasteiger partial charge on any atom is -0.478 e. The Bertz CT molecular complexity index is 889. The van der Waals surface area contributed by atoms with Crippen molar-refractivity contribution in [2.24, 2.45) is 0 Å². The average molecular weight is 283 g/mol. The highest BCUT2D eigenvalue weighted by atomic mass is 16.4. The lowest BCUT2D eigenvalue weighted by atomic mass is 10.2. The van der Waals surface area contributed by atoms with Crippen molar-refractivity contribution >= 4 is 16.7 Å². The SMILES string of the molecule is Cc1oc(Cn2ccc3ccccc3c2=O)cc1C(=O)O. The maximum absolute atomic E-state index is 12.4. The third-order valence-corrected chi connectivity index (χ3v) is 3.41. The topological polar surface area (TPSA) is 72.4 Å². The van der Waals surface area contributed by atoms with E-state index in [1.165, 1.54) is 10.6 Å². The van der Waals surface area contributed by atoms with Gasteiger partial charge in [0.15, 0.2) is 0 Å². The Labute approximate surface area is 120 Å². The second-order valence-corrected chi connectivity index (χ2v) is 4.82. The molecule has 5 nitrogen and oxygen atoms in total. The number of fused-ring (bicyclic) bond motifs is 1. The number of carbonyl (C=O) groups is 1. The first kappa shape index (κ1) is 13.2. The van der Waals surface area contributed by atoms with Gasteiger partial charge in [-0.1, -0.05) is 18.2 Å². The van der Waals surface area contributed by atoms with Crippen molar-refractivity contribution in [2.75, 3.05) is 0 Å². The largest absolute Gasteiger partial charge is 0.478 e. The summed E-state index contributed by atoms with van der Waals surface area (Å²) in [5.74, 6) is -0.248. The monoisotopic (exact) mass is 283 g/mol. The van der Waals surface area contributed by atoms with Crippen molar-refractivity contribution in [3.05, 3.63) is 70.0 Å². The number of carboxylic acids is 1. The highest BCUT2D eigenvalue weighted by Crippen LogP contribution is 2.16. The normalized spacial score (nSPS) is 10.9. The molecule has 0 aliphatic carbocycles. The number of aromatic nitrogens is 1. The minimum absolute atomic E-state index is 0.124. The molecule has 0 saturated carbocycles. The fraction of sp³-hybridized carbons (Fsp3) is 0.125. The molecule has 2 heterocycles. The maximum Gasteiger partial charge on any atom is 0.339 e. The summed E-state index contributed by atoms with van der Waals surface area (Å²) >= 11 is 0. The standard InChI is InChI=1S/C16H13NO4/c1-10-14(16(19)20)8-12(21-10)9-17-7-6-11-4-2-3-5-13(11)15(17)18/h2-8H,9H2,1H3,(H,19,20). The number of rotatable bonds is 3. The van der Waals surface area contributed by atoms with Crippen LogP contribution in [0.2, 0.25) is 0 Å². The summed E-state index contributed by atoms with van der Waals surface area (Å²) in [6, 6.07) is 10.6. The Kier molecular flexibility index (Phi) is 3.10. The third-order valence-electron chi connectivity index (χ3n) is 3.41. The smallest absolute Gasteiger partial charge is 0.339 e. The molecule has 1 N–H and O–H groups in total. The van der Waals surface area contributed by atoms with E-state index in [1.807, 2.05) is 24.3 Å². The summed E-state index contributed by atoms with van der Waals surface area (Å²) in [4.78, 5) is 23.4. The van der Waals surface area contributed by atoms with E-state index in [2.05, 4.69) is 0 Å². The molecular weight excluding hydrogens is 270 g/mol. The van der Waals surface area contributed by atoms with Crippen molar-refractivity contribution in [2.45, 2.75) is 13.5 Å². The number of hydrogen-bond acceptors (Lipinski definition) is 3. The Morgan fingerprint density at radius 2 is 2.05 bits per heavy atom. The molecule has 0 radical (unpaired) electrons. The van der Waals surface area contributed by atoms with Gasteiger partial charge in [0.25, 0.3) is 5.56 Å². The van der Waals surface area contributed by atoms with Crippen molar-refractivity contribution in [3.8, 4) is 0 Å². The van der Waals surface area contributed by atoms with E-state index in [0.717, 1.165) is 5.39 Å². The molecule has 0 aliphatic heterocycles. The lowest BCUT2D eigenvalue weighted by molar-refractivity contribution is 0.0695. The quantitative estimate of drug-likeness (QED) is 0.802. The van der Waals surface area contributed by atoms with Crippen LogP contribution in [0.4, 0.5) is 0 Å². The molecule has 0 bridgehead atoms. The van der Waals surface area contributed by atoms with Gasteiger partial charge in [-0.15, -0.1) is 0 Å². The second kappa shape index (κ2) is 4.94. The molecule has 0 atom stereocenters. The first-order valence-corrected chi connectivity index (χ1v) is 6.47. The van der Waals surface area contributed by atoms with E-state index in [-0.39, 0.29) is 17.7 Å². The summed E-state index contributed by atoms with van der Waals surface area (Å²) in [6.45, 7) is 1.80. The van der Waals surface area contributed by atoms with Gasteiger partial charge in [-0.25, -0.2) is 4.79 Å². The van der Waals surface area contributed by atoms with E-state index in [0.29, 0.717) is 16.9 Å². The van der Waals surface area contributed by atoms with Crippen LogP contribution in [0.5, 0.6) is 0 Å². The van der Waals surface area contributed by atoms with Crippen LogP contribution in [0, 0.1) is 6.92 Å². The molecule has 21 heavy (non-hydrogen) atoms. The van der Waals surface area contributed by atoms with Gasteiger partial charge in [-0.05, 0) is 30.5 Å². The predicted octanol–water partition coefficient (Wildman–Crippen LogP) is 2.65. The molecule has 3 rings (SSSR count). The van der Waals surface area contributed by atoms with Crippen molar-refractivity contribution < 1.29 is 14.3 Å². The first-order chi connectivity index (χ1) is 10.1. The van der Waals surface area contributed by atoms with Crippen LogP contribution in [-0.2, 0) is 6.54 Å². The molecule has 0 spiro atoms. The van der Waals surface area contributed by atoms with E-state index in [4.69, 9.17) is 9.52 Å². The zero-order valence-corrected chi connectivity index (χ0v) is 11.4. The number of benzene rings is 1. The zero-order valence-electron chi connectivity index (χ0n) is 11.4. The number of aryl methyl sites for hydroxylation is 1. The summed E-state index contributed by atoms with van der Waals surface area (Å²) in [5, 5.41) is 10.5. The minimum atomic E-state index is -1.03. The average Bonchev–Trinajstić information content (AvgIpc) is 2.83. The van der Waals surface area contributed by atoms with Crippen molar-refractivity contribution in [3.63, 3.8) is 0 Å². The fourth-order valence-corrected chi connectivity index (χ4v) is 2.36. The third kappa shape index (κ3) is 2.33. The molecular formula is C16H13NO4. The molecule has 0 amide bonds. The highest BCUT2D eigenvalue weighted by Gasteiger charge is 2.14. The molecule has 0 fully saturated rings. The van der Waals surface area contributed by atoms with E-state index >= 15 is 0 Å². The Balaban J connectivity index is 2.02. The molecule has 106 valence electrons. The summed E-state index contributed by atoms with van der Waals surface area (Å²) in [5.41, 5.74) is -0.00198. The predicted molar refractivity (Wildman–Crippen MR) is 77.7 cm³/mol. The number of pyridine rings is 1. The van der Waals surface area contributed by atoms with Crippen LogP contribution in [0.1, 0.15) is 21.9 Å². The number of carboxylic acid groups (broad SMARTS) is 1. The number of furan rings is 1. The van der Waals surface area contributed by atoms with Gasteiger partial charge in [-0.2, -0.15) is 0 Å². The summed E-state index contributed by atoms with van der Waals surface area (Å²) in [7, 11) is 0. The number of hydrogen-bond donors (Lipinski definition) is 1. The van der Waals surface area contributed by atoms with Crippen molar-refractivity contribution in [1.29, 1.82) is 0 Å². The first-order valence-electron chi connectivity index (χ1n) is 6.47. The van der Waals surface area contributed by atoms with E-state index < -0.39 is 5.97 Å². The van der Waals surface area contributed by atoms with Crippen LogP contribution < -0.4 is 5.56 Å². The summed E-state index contributed by atoms with van der Waals surface area (Å²) < 4.78 is 6.91. The lowest BCUT2D eigenvalue weighted by Gasteiger charge is -2.05. The molecule has 2 aromatic heterocycles. The molecule has 0 aliphatic rings. The van der Waals surface area contributed by atoms with Gasteiger partial charge >= 0.3 is 5.97 Å². The van der Waals surface area contributed by atoms with Crippen LogP contribution in [0.15, 0.2) is 51.8 Å². The van der Waals surface area contributed by atoms with Crippen LogP contribution in [-0.4, -0.2) is 15.6 Å². The number of nitrogens with zero attached hydrogens (tertiary/aromatic N) is 1. The zero-order chi connectivity index (χ0) is 15.0. The molecule has 3 aromatic rings. The molecule has 5 heteroatoms. The van der Waals surface area contributed by atoms with E-state index in [1.54, 1.807) is 19.2 Å². The van der Waals surface area contributed by atoms with Gasteiger partial charge in [-0.3, -0.25) is 4.79 Å². The van der Waals surface area contributed by atoms with Gasteiger partial charge in [0, 0.05) is 11.6 Å².